The summed E-state index contributed by atoms with van der Waals surface area (Å²) in [7, 11) is 0. The molecule has 0 radical (unpaired) electrons. The van der Waals surface area contributed by atoms with Crippen molar-refractivity contribution in [3.8, 4) is 0 Å². The second-order valence-corrected chi connectivity index (χ2v) is 5.34. The molecule has 5 rings (SSSR count). The van der Waals surface area contributed by atoms with Gasteiger partial charge >= 0.3 is 11.1 Å². The van der Waals surface area contributed by atoms with Gasteiger partial charge in [-0.2, -0.15) is 0 Å². The lowest BCUT2D eigenvalue weighted by molar-refractivity contribution is 0.311. The van der Waals surface area contributed by atoms with Crippen LogP contribution >= 0.6 is 23.2 Å². The third kappa shape index (κ3) is 4.59. The summed E-state index contributed by atoms with van der Waals surface area (Å²) in [6.45, 7) is 0. The van der Waals surface area contributed by atoms with Crippen LogP contribution in [0.2, 0.25) is 10.3 Å². The van der Waals surface area contributed by atoms with Crippen LogP contribution in [0.1, 0.15) is 0 Å². The van der Waals surface area contributed by atoms with Gasteiger partial charge in [0.15, 0.2) is 10.3 Å². The molecule has 5 aromatic heterocycles. The largest absolute Gasteiger partial charge is 0.378 e. The minimum absolute atomic E-state index is 0.0925. The Labute approximate surface area is 165 Å². The lowest BCUT2D eigenvalue weighted by Crippen LogP contribution is -2.28. The third-order valence-corrected chi connectivity index (χ3v) is 3.36. The Hall–Kier alpha value is -4.12. The zero-order valence-corrected chi connectivity index (χ0v) is 15.0. The van der Waals surface area contributed by atoms with Crippen molar-refractivity contribution in [1.82, 2.24) is 50.9 Å². The van der Waals surface area contributed by atoms with Crippen molar-refractivity contribution in [3.05, 3.63) is 31.0 Å². The number of hydrogen-bond donors (Lipinski definition) is 4. The Kier molecular flexibility index (Phi) is 5.60. The second kappa shape index (κ2) is 8.27. The number of nitrogens with zero attached hydrogens (tertiary/aromatic N) is 8. The molecule has 0 saturated heterocycles. The minimum Gasteiger partial charge on any atom is -0.378 e. The number of anilines is 2. The molecule has 0 spiro atoms. The van der Waals surface area contributed by atoms with Crippen molar-refractivity contribution >= 4 is 57.4 Å². The van der Waals surface area contributed by atoms with Crippen LogP contribution in [0.5, 0.6) is 0 Å². The third-order valence-electron chi connectivity index (χ3n) is 2.73. The molecule has 0 atom stereocenters. The van der Waals surface area contributed by atoms with E-state index in [2.05, 4.69) is 64.8 Å². The molecular formula is C10H6Cl2N12O5. The van der Waals surface area contributed by atoms with Crippen molar-refractivity contribution in [3.63, 3.8) is 0 Å². The maximum absolute atomic E-state index is 10.6. The molecule has 19 heteroatoms. The van der Waals surface area contributed by atoms with Crippen molar-refractivity contribution < 1.29 is 13.9 Å². The summed E-state index contributed by atoms with van der Waals surface area (Å²) in [6, 6.07) is 0. The SMILES string of the molecule is Clc1nc2nonc2nc1Cl.Nc1nonc1N.O=c1[nH]c2nonc2[nH]c1=O. The van der Waals surface area contributed by atoms with E-state index in [-0.39, 0.29) is 44.5 Å². The van der Waals surface area contributed by atoms with Crippen molar-refractivity contribution in [2.45, 2.75) is 0 Å². The summed E-state index contributed by atoms with van der Waals surface area (Å²) in [6.07, 6.45) is 0. The highest BCUT2D eigenvalue weighted by molar-refractivity contribution is 6.40. The lowest BCUT2D eigenvalue weighted by atomic mass is 10.6. The van der Waals surface area contributed by atoms with Crippen LogP contribution in [0, 0.1) is 0 Å². The van der Waals surface area contributed by atoms with Gasteiger partial charge in [-0.25, -0.2) is 23.9 Å². The standard InChI is InChI=1S/C4Cl2N4O.C4H2N4O3.C2H4N4O/c5-1-2(6)8-4-3(7-1)9-11-10-4;9-3-4(10)6-2-1(5-3)7-11-8-2;3-1-2(4)6-7-5-1/h;(H,5,7,9)(H,6,8,10);(H2,3,5)(H2,4,6). The van der Waals surface area contributed by atoms with Crippen LogP contribution in [-0.4, -0.2) is 50.9 Å². The first-order valence-electron chi connectivity index (χ1n) is 6.95. The number of fused-ring (bicyclic) bond motifs is 2. The summed E-state index contributed by atoms with van der Waals surface area (Å²) in [5.41, 5.74) is 9.32. The molecule has 0 aliphatic rings. The van der Waals surface area contributed by atoms with E-state index in [0.717, 1.165) is 0 Å². The topological polar surface area (TPSA) is 260 Å². The summed E-state index contributed by atoms with van der Waals surface area (Å²) < 4.78 is 12.7. The number of aromatic nitrogens is 10. The highest BCUT2D eigenvalue weighted by Gasteiger charge is 2.07. The van der Waals surface area contributed by atoms with E-state index < -0.39 is 11.1 Å². The summed E-state index contributed by atoms with van der Waals surface area (Å²) in [5, 5.41) is 20.0. The van der Waals surface area contributed by atoms with E-state index in [9.17, 15) is 9.59 Å². The van der Waals surface area contributed by atoms with Gasteiger partial charge in [0, 0.05) is 0 Å². The highest BCUT2D eigenvalue weighted by atomic mass is 35.5. The van der Waals surface area contributed by atoms with Gasteiger partial charge in [-0.15, -0.1) is 0 Å². The van der Waals surface area contributed by atoms with Crippen LogP contribution in [-0.2, 0) is 0 Å². The summed E-state index contributed by atoms with van der Waals surface area (Å²) in [5.74, 6) is 0.278. The first kappa shape index (κ1) is 19.6. The minimum atomic E-state index is -0.770. The lowest BCUT2D eigenvalue weighted by Gasteiger charge is -1.88. The van der Waals surface area contributed by atoms with Gasteiger partial charge in [0.1, 0.15) is 0 Å². The molecule has 0 saturated carbocycles. The Bertz CT molecular complexity index is 1270. The summed E-state index contributed by atoms with van der Waals surface area (Å²) >= 11 is 11.1. The number of rotatable bonds is 0. The number of nitrogen functional groups attached to an aromatic ring is 2. The molecular weight excluding hydrogens is 439 g/mol. The van der Waals surface area contributed by atoms with E-state index in [1.807, 2.05) is 0 Å². The Balaban J connectivity index is 0.000000128. The monoisotopic (exact) mass is 444 g/mol. The van der Waals surface area contributed by atoms with Gasteiger partial charge in [0.2, 0.25) is 34.2 Å². The highest BCUT2D eigenvalue weighted by Crippen LogP contribution is 2.18. The maximum Gasteiger partial charge on any atom is 0.315 e. The predicted molar refractivity (Wildman–Crippen MR) is 93.6 cm³/mol. The average molecular weight is 445 g/mol. The zero-order chi connectivity index (χ0) is 21.0. The smallest absolute Gasteiger partial charge is 0.315 e. The number of nitrogens with two attached hydrogens (primary N) is 2. The molecule has 5 heterocycles. The van der Waals surface area contributed by atoms with Gasteiger partial charge in [0.25, 0.3) is 0 Å². The Morgan fingerprint density at radius 3 is 1.41 bits per heavy atom. The Morgan fingerprint density at radius 2 is 1.03 bits per heavy atom. The molecule has 0 aliphatic heterocycles. The van der Waals surface area contributed by atoms with Crippen LogP contribution in [0.3, 0.4) is 0 Å². The molecule has 5 aromatic rings. The van der Waals surface area contributed by atoms with Gasteiger partial charge in [0.05, 0.1) is 0 Å². The fourth-order valence-corrected chi connectivity index (χ4v) is 1.73. The zero-order valence-electron chi connectivity index (χ0n) is 13.5. The van der Waals surface area contributed by atoms with Crippen LogP contribution in [0.25, 0.3) is 22.6 Å². The Morgan fingerprint density at radius 1 is 0.655 bits per heavy atom. The average Bonchev–Trinajstić information content (AvgIpc) is 3.40. The summed E-state index contributed by atoms with van der Waals surface area (Å²) in [4.78, 5) is 33.1. The molecule has 0 unspecified atom stereocenters. The fourth-order valence-electron chi connectivity index (χ4n) is 1.48. The molecule has 0 amide bonds. The molecule has 0 bridgehead atoms. The molecule has 0 aromatic carbocycles. The molecule has 150 valence electrons. The number of aromatic amines is 2. The van der Waals surface area contributed by atoms with Gasteiger partial charge in [-0.1, -0.05) is 23.2 Å². The quantitative estimate of drug-likeness (QED) is 0.212. The van der Waals surface area contributed by atoms with E-state index in [1.54, 1.807) is 0 Å². The first-order valence-corrected chi connectivity index (χ1v) is 7.70. The van der Waals surface area contributed by atoms with Crippen LogP contribution in [0.15, 0.2) is 23.5 Å². The van der Waals surface area contributed by atoms with Crippen LogP contribution in [0.4, 0.5) is 11.6 Å². The molecule has 6 N–H and O–H groups in total. The number of hydrogen-bond acceptors (Lipinski definition) is 15. The molecule has 17 nitrogen and oxygen atoms in total. The van der Waals surface area contributed by atoms with Gasteiger partial charge in [-0.3, -0.25) is 19.6 Å². The number of halogens is 2. The predicted octanol–water partition coefficient (Wildman–Crippen LogP) is -0.847. The number of H-pyrrole nitrogens is 2. The van der Waals surface area contributed by atoms with Crippen molar-refractivity contribution in [2.75, 3.05) is 11.5 Å². The van der Waals surface area contributed by atoms with E-state index in [1.165, 1.54) is 0 Å². The molecule has 0 fully saturated rings. The van der Waals surface area contributed by atoms with Crippen molar-refractivity contribution in [2.24, 2.45) is 0 Å². The first-order chi connectivity index (χ1) is 13.8. The van der Waals surface area contributed by atoms with Gasteiger partial charge in [-0.05, 0) is 30.9 Å². The van der Waals surface area contributed by atoms with Crippen molar-refractivity contribution in [1.29, 1.82) is 0 Å². The molecule has 29 heavy (non-hydrogen) atoms. The van der Waals surface area contributed by atoms with E-state index in [4.69, 9.17) is 34.7 Å². The van der Waals surface area contributed by atoms with Crippen LogP contribution < -0.4 is 22.6 Å². The van der Waals surface area contributed by atoms with E-state index >= 15 is 0 Å². The normalized spacial score (nSPS) is 10.3. The van der Waals surface area contributed by atoms with Gasteiger partial charge < -0.3 is 11.5 Å². The molecule has 0 aliphatic carbocycles. The maximum atomic E-state index is 10.6. The van der Waals surface area contributed by atoms with E-state index in [0.29, 0.717) is 0 Å². The fraction of sp³-hybridized carbons (Fsp3) is 0. The number of nitrogens with one attached hydrogen (secondary N) is 2. The second-order valence-electron chi connectivity index (χ2n) is 4.62.